The average Bonchev–Trinajstić information content (AvgIpc) is 3.09. The highest BCUT2D eigenvalue weighted by Gasteiger charge is 2.23. The molecule has 0 amide bonds. The molecule has 49 heavy (non-hydrogen) atoms. The van der Waals surface area contributed by atoms with Crippen LogP contribution in [0.5, 0.6) is 34.5 Å². The van der Waals surface area contributed by atoms with Gasteiger partial charge >= 0.3 is 0 Å². The molecule has 0 saturated heterocycles. The number of aromatic hydroxyl groups is 6. The highest BCUT2D eigenvalue weighted by atomic mass is 16.5. The number of ether oxygens (including phenoxy) is 1. The molecule has 0 aliphatic carbocycles. The summed E-state index contributed by atoms with van der Waals surface area (Å²) in [6.07, 6.45) is 0.967. The second-order valence-electron chi connectivity index (χ2n) is 12.3. The van der Waals surface area contributed by atoms with Crippen molar-refractivity contribution < 1.29 is 35.4 Å². The van der Waals surface area contributed by atoms with Crippen molar-refractivity contribution >= 4 is 0 Å². The molecule has 6 aromatic rings. The van der Waals surface area contributed by atoms with E-state index in [1.807, 2.05) is 72.8 Å². The Morgan fingerprint density at radius 2 is 0.673 bits per heavy atom. The van der Waals surface area contributed by atoms with Gasteiger partial charge in [0.15, 0.2) is 0 Å². The van der Waals surface area contributed by atoms with E-state index in [4.69, 9.17) is 4.74 Å². The van der Waals surface area contributed by atoms with Crippen molar-refractivity contribution in [3.8, 4) is 34.5 Å². The van der Waals surface area contributed by atoms with E-state index >= 15 is 0 Å². The van der Waals surface area contributed by atoms with Crippen LogP contribution < -0.4 is 0 Å². The molecule has 0 aliphatic heterocycles. The molecule has 6 aromatic carbocycles. The zero-order chi connectivity index (χ0) is 34.3. The van der Waals surface area contributed by atoms with Gasteiger partial charge in [0, 0.05) is 25.7 Å². The first-order chi connectivity index (χ1) is 23.7. The Labute approximate surface area is 285 Å². The lowest BCUT2D eigenvalue weighted by molar-refractivity contribution is -0.0149. The van der Waals surface area contributed by atoms with Gasteiger partial charge < -0.3 is 35.4 Å². The average molecular weight is 655 g/mol. The minimum Gasteiger partial charge on any atom is -0.508 e. The van der Waals surface area contributed by atoms with Crippen molar-refractivity contribution in [2.45, 2.75) is 37.9 Å². The number of phenolic OH excluding ortho intramolecular Hbond substituents is 6. The van der Waals surface area contributed by atoms with Crippen molar-refractivity contribution in [1.29, 1.82) is 0 Å². The molecular weight excluding hydrogens is 616 g/mol. The second-order valence-corrected chi connectivity index (χ2v) is 12.3. The van der Waals surface area contributed by atoms with Crippen LogP contribution in [0.25, 0.3) is 0 Å². The van der Waals surface area contributed by atoms with Crippen LogP contribution in [0.15, 0.2) is 133 Å². The molecule has 248 valence electrons. The maximum Gasteiger partial charge on any atom is 0.119 e. The van der Waals surface area contributed by atoms with E-state index in [0.717, 1.165) is 44.5 Å². The molecule has 0 saturated carbocycles. The van der Waals surface area contributed by atoms with E-state index < -0.39 is 12.2 Å². The van der Waals surface area contributed by atoms with E-state index in [9.17, 15) is 30.6 Å². The fraction of sp³-hybridized carbons (Fsp3) is 0.143. The van der Waals surface area contributed by atoms with Gasteiger partial charge in [0.05, 0.1) is 12.2 Å². The van der Waals surface area contributed by atoms with Gasteiger partial charge in [-0.3, -0.25) is 0 Å². The maximum atomic E-state index is 10.7. The van der Waals surface area contributed by atoms with Gasteiger partial charge in [-0.25, -0.2) is 0 Å². The van der Waals surface area contributed by atoms with Crippen LogP contribution >= 0.6 is 0 Å². The minimum atomic E-state index is -0.459. The van der Waals surface area contributed by atoms with Crippen molar-refractivity contribution in [1.82, 2.24) is 0 Å². The van der Waals surface area contributed by atoms with E-state index in [2.05, 4.69) is 0 Å². The number of hydrogen-bond acceptors (Lipinski definition) is 7. The Morgan fingerprint density at radius 1 is 0.367 bits per heavy atom. The lowest BCUT2D eigenvalue weighted by Gasteiger charge is -2.27. The van der Waals surface area contributed by atoms with E-state index in [1.54, 1.807) is 60.7 Å². The highest BCUT2D eigenvalue weighted by Crippen LogP contribution is 2.35. The summed E-state index contributed by atoms with van der Waals surface area (Å²) >= 11 is 0. The fourth-order valence-corrected chi connectivity index (χ4v) is 5.98. The standard InChI is InChI=1S/C42H38O7/c43-35-11-1-27(2-12-35)21-33-23-29(5-19-39(33)47)25-41(31-7-15-37(45)16-8-31)49-42(32-9-17-38(46)18-10-32)26-30-6-20-40(48)34(24-30)22-28-3-13-36(44)14-4-28/h1-20,23-24,41-48H,21-22,25-26H2. The smallest absolute Gasteiger partial charge is 0.119 e. The Kier molecular flexibility index (Phi) is 10.0. The summed E-state index contributed by atoms with van der Waals surface area (Å²) < 4.78 is 6.97. The third-order valence-corrected chi connectivity index (χ3v) is 8.65. The first kappa shape index (κ1) is 33.0. The molecule has 0 fully saturated rings. The van der Waals surface area contributed by atoms with Gasteiger partial charge in [-0.2, -0.15) is 0 Å². The molecule has 7 nitrogen and oxygen atoms in total. The van der Waals surface area contributed by atoms with E-state index in [-0.39, 0.29) is 34.5 Å². The van der Waals surface area contributed by atoms with Gasteiger partial charge in [0.2, 0.25) is 0 Å². The van der Waals surface area contributed by atoms with Crippen LogP contribution in [0.2, 0.25) is 0 Å². The van der Waals surface area contributed by atoms with Crippen LogP contribution in [0.1, 0.15) is 56.7 Å². The molecule has 0 radical (unpaired) electrons. The van der Waals surface area contributed by atoms with Crippen LogP contribution in [0.4, 0.5) is 0 Å². The van der Waals surface area contributed by atoms with Crippen molar-refractivity contribution in [2.75, 3.05) is 0 Å². The number of hydrogen-bond donors (Lipinski definition) is 6. The third kappa shape index (κ3) is 8.71. The van der Waals surface area contributed by atoms with Gasteiger partial charge in [-0.05, 0) is 105 Å². The number of benzene rings is 6. The van der Waals surface area contributed by atoms with Crippen LogP contribution in [0, 0.1) is 0 Å². The molecular formula is C42H38O7. The zero-order valence-corrected chi connectivity index (χ0v) is 26.8. The van der Waals surface area contributed by atoms with Gasteiger partial charge in [0.25, 0.3) is 0 Å². The van der Waals surface area contributed by atoms with Crippen molar-refractivity contribution in [3.63, 3.8) is 0 Å². The normalized spacial score (nSPS) is 12.4. The van der Waals surface area contributed by atoms with Crippen LogP contribution in [-0.2, 0) is 30.4 Å². The monoisotopic (exact) mass is 654 g/mol. The Hall–Kier alpha value is -5.92. The van der Waals surface area contributed by atoms with Crippen LogP contribution in [-0.4, -0.2) is 30.6 Å². The molecule has 0 heterocycles. The van der Waals surface area contributed by atoms with E-state index in [1.165, 1.54) is 0 Å². The molecule has 0 aromatic heterocycles. The van der Waals surface area contributed by atoms with Crippen molar-refractivity contribution in [3.05, 3.63) is 178 Å². The SMILES string of the molecule is Oc1ccc(Cc2cc(CC(OC(Cc3ccc(O)c(Cc4ccc(O)cc4)c3)c3ccc(O)cc3)c3ccc(O)cc3)ccc2O)cc1. The largest absolute Gasteiger partial charge is 0.508 e. The second kappa shape index (κ2) is 14.9. The summed E-state index contributed by atoms with van der Waals surface area (Å²) in [4.78, 5) is 0. The molecule has 0 bridgehead atoms. The topological polar surface area (TPSA) is 131 Å². The molecule has 0 spiro atoms. The molecule has 6 N–H and O–H groups in total. The predicted octanol–water partition coefficient (Wildman–Crippen LogP) is 8.39. The lowest BCUT2D eigenvalue weighted by atomic mass is 9.95. The summed E-state index contributed by atoms with van der Waals surface area (Å²) in [5.74, 6) is 0.999. The summed E-state index contributed by atoms with van der Waals surface area (Å²) in [6, 6.07) is 38.7. The molecule has 6 rings (SSSR count). The molecule has 0 aliphatic rings. The quantitative estimate of drug-likeness (QED) is 0.0782. The van der Waals surface area contributed by atoms with E-state index in [0.29, 0.717) is 25.7 Å². The fourth-order valence-electron chi connectivity index (χ4n) is 5.98. The summed E-state index contributed by atoms with van der Waals surface area (Å²) in [6.45, 7) is 0. The van der Waals surface area contributed by atoms with Crippen LogP contribution in [0.3, 0.4) is 0 Å². The Bertz CT molecular complexity index is 1840. The summed E-state index contributed by atoms with van der Waals surface area (Å²) in [7, 11) is 0. The van der Waals surface area contributed by atoms with Crippen molar-refractivity contribution in [2.24, 2.45) is 0 Å². The first-order valence-electron chi connectivity index (χ1n) is 16.1. The highest BCUT2D eigenvalue weighted by molar-refractivity contribution is 5.43. The predicted molar refractivity (Wildman–Crippen MR) is 188 cm³/mol. The Morgan fingerprint density at radius 3 is 1.02 bits per heavy atom. The molecule has 2 atom stereocenters. The molecule has 2 unspecified atom stereocenters. The summed E-state index contributed by atoms with van der Waals surface area (Å²) in [5.41, 5.74) is 6.97. The summed E-state index contributed by atoms with van der Waals surface area (Å²) in [5, 5.41) is 60.9. The zero-order valence-electron chi connectivity index (χ0n) is 26.8. The third-order valence-electron chi connectivity index (χ3n) is 8.65. The first-order valence-corrected chi connectivity index (χ1v) is 16.1. The lowest BCUT2D eigenvalue weighted by Crippen LogP contribution is -2.15. The van der Waals surface area contributed by atoms with Gasteiger partial charge in [-0.15, -0.1) is 0 Å². The Balaban J connectivity index is 1.31. The minimum absolute atomic E-state index is 0.142. The number of phenols is 6. The van der Waals surface area contributed by atoms with Gasteiger partial charge in [-0.1, -0.05) is 72.8 Å². The number of rotatable bonds is 12. The van der Waals surface area contributed by atoms with Gasteiger partial charge in [0.1, 0.15) is 34.5 Å². The molecule has 7 heteroatoms. The maximum absolute atomic E-state index is 10.7.